The van der Waals surface area contributed by atoms with Crippen LogP contribution in [0.4, 0.5) is 11.4 Å². The Labute approximate surface area is 132 Å². The molecule has 0 saturated carbocycles. The lowest BCUT2D eigenvalue weighted by Gasteiger charge is -2.07. The molecule has 1 aromatic rings. The van der Waals surface area contributed by atoms with Crippen molar-refractivity contribution in [2.24, 2.45) is 0 Å². The average Bonchev–Trinajstić information content (AvgIpc) is 2.55. The summed E-state index contributed by atoms with van der Waals surface area (Å²) in [6.07, 6.45) is 0.664. The van der Waals surface area contributed by atoms with E-state index < -0.39 is 10.8 Å². The highest BCUT2D eigenvalue weighted by molar-refractivity contribution is 5.99. The Morgan fingerprint density at radius 2 is 1.91 bits per heavy atom. The molecule has 0 aromatic heterocycles. The van der Waals surface area contributed by atoms with Gasteiger partial charge in [0.2, 0.25) is 0 Å². The van der Waals surface area contributed by atoms with Gasteiger partial charge < -0.3 is 15.8 Å². The maximum Gasteiger partial charge on any atom is 0.270 e. The van der Waals surface area contributed by atoms with Crippen LogP contribution in [0.2, 0.25) is 0 Å². The van der Waals surface area contributed by atoms with Gasteiger partial charge in [0, 0.05) is 38.1 Å². The number of nitro benzene ring substituents is 1. The molecule has 0 unspecified atom stereocenters. The number of benzene rings is 1. The Kier molecular flexibility index (Phi) is 13.9. The summed E-state index contributed by atoms with van der Waals surface area (Å²) in [5, 5.41) is 13.2. The summed E-state index contributed by atoms with van der Waals surface area (Å²) in [6, 6.07) is 3.78. The van der Waals surface area contributed by atoms with Gasteiger partial charge in [-0.05, 0) is 12.5 Å². The maximum atomic E-state index is 11.7. The third-order valence-corrected chi connectivity index (χ3v) is 2.30. The molecule has 0 radical (unpaired) electrons. The van der Waals surface area contributed by atoms with Crippen molar-refractivity contribution >= 4 is 17.3 Å². The molecule has 0 bridgehead atoms. The van der Waals surface area contributed by atoms with Gasteiger partial charge in [-0.15, -0.1) is 0 Å². The van der Waals surface area contributed by atoms with E-state index in [0.717, 1.165) is 0 Å². The van der Waals surface area contributed by atoms with E-state index in [-0.39, 0.29) is 16.9 Å². The van der Waals surface area contributed by atoms with E-state index in [1.165, 1.54) is 18.2 Å². The molecule has 0 aliphatic heterocycles. The first-order chi connectivity index (χ1) is 10.6. The number of nitrogens with zero attached hydrogens (tertiary/aromatic N) is 1. The first-order valence-electron chi connectivity index (χ1n) is 7.37. The SMILES string of the molecule is CC.CC.COCCCNC(=O)c1cc([N+](=O)[O-])ccc1N. The highest BCUT2D eigenvalue weighted by Crippen LogP contribution is 2.19. The number of nitrogen functional groups attached to an aromatic ring is 1. The van der Waals surface area contributed by atoms with E-state index in [4.69, 9.17) is 10.5 Å². The lowest BCUT2D eigenvalue weighted by atomic mass is 10.1. The Balaban J connectivity index is 0. The zero-order valence-electron chi connectivity index (χ0n) is 14.0. The standard InChI is InChI=1S/C11H15N3O4.2C2H6/c1-18-6-2-5-13-11(15)9-7-8(14(16)17)3-4-10(9)12;2*1-2/h3-4,7H,2,5-6,12H2,1H3,(H,13,15);2*1-2H3. The summed E-state index contributed by atoms with van der Waals surface area (Å²) in [4.78, 5) is 21.8. The molecule has 22 heavy (non-hydrogen) atoms. The van der Waals surface area contributed by atoms with E-state index in [9.17, 15) is 14.9 Å². The fourth-order valence-corrected chi connectivity index (χ4v) is 1.37. The zero-order chi connectivity index (χ0) is 17.5. The van der Waals surface area contributed by atoms with E-state index in [2.05, 4.69) is 5.32 Å². The Bertz CT molecular complexity index is 450. The number of rotatable bonds is 6. The minimum Gasteiger partial charge on any atom is -0.398 e. The predicted octanol–water partition coefficient (Wildman–Crippen LogP) is 3.00. The number of amides is 1. The summed E-state index contributed by atoms with van der Waals surface area (Å²) >= 11 is 0. The number of nitro groups is 1. The Morgan fingerprint density at radius 1 is 1.32 bits per heavy atom. The van der Waals surface area contributed by atoms with E-state index in [0.29, 0.717) is 19.6 Å². The molecule has 0 aliphatic rings. The summed E-state index contributed by atoms with van der Waals surface area (Å²) in [5.74, 6) is -0.424. The molecule has 7 heteroatoms. The second-order valence-electron chi connectivity index (χ2n) is 3.63. The molecule has 0 heterocycles. The molecule has 0 saturated heterocycles. The maximum absolute atomic E-state index is 11.7. The molecular formula is C15H27N3O4. The van der Waals surface area contributed by atoms with Gasteiger partial charge in [0.25, 0.3) is 11.6 Å². The smallest absolute Gasteiger partial charge is 0.270 e. The average molecular weight is 313 g/mol. The number of nitrogens with one attached hydrogen (secondary N) is 1. The van der Waals surface area contributed by atoms with Crippen LogP contribution in [0.15, 0.2) is 18.2 Å². The van der Waals surface area contributed by atoms with Gasteiger partial charge in [-0.3, -0.25) is 14.9 Å². The third kappa shape index (κ3) is 8.21. The van der Waals surface area contributed by atoms with Crippen LogP contribution in [0.25, 0.3) is 0 Å². The minimum atomic E-state index is -0.568. The Hall–Kier alpha value is -2.15. The molecule has 0 spiro atoms. The lowest BCUT2D eigenvalue weighted by Crippen LogP contribution is -2.26. The number of hydrogen-bond donors (Lipinski definition) is 2. The van der Waals surface area contributed by atoms with Crippen molar-refractivity contribution < 1.29 is 14.5 Å². The number of ether oxygens (including phenoxy) is 1. The number of non-ortho nitro benzene ring substituents is 1. The van der Waals surface area contributed by atoms with Gasteiger partial charge in [0.05, 0.1) is 10.5 Å². The number of hydrogen-bond acceptors (Lipinski definition) is 5. The quantitative estimate of drug-likeness (QED) is 0.363. The normalized spacial score (nSPS) is 8.77. The highest BCUT2D eigenvalue weighted by atomic mass is 16.6. The van der Waals surface area contributed by atoms with Crippen molar-refractivity contribution in [3.63, 3.8) is 0 Å². The summed E-state index contributed by atoms with van der Waals surface area (Å²) in [6.45, 7) is 8.96. The fraction of sp³-hybridized carbons (Fsp3) is 0.533. The topological polar surface area (TPSA) is 107 Å². The van der Waals surface area contributed by atoms with E-state index in [1.54, 1.807) is 7.11 Å². The van der Waals surface area contributed by atoms with Crippen LogP contribution in [0, 0.1) is 10.1 Å². The van der Waals surface area contributed by atoms with Crippen LogP contribution >= 0.6 is 0 Å². The second kappa shape index (κ2) is 13.8. The van der Waals surface area contributed by atoms with Gasteiger partial charge in [-0.1, -0.05) is 27.7 Å². The summed E-state index contributed by atoms with van der Waals surface area (Å²) in [7, 11) is 1.57. The Morgan fingerprint density at radius 3 is 2.41 bits per heavy atom. The van der Waals surface area contributed by atoms with E-state index >= 15 is 0 Å². The third-order valence-electron chi connectivity index (χ3n) is 2.30. The van der Waals surface area contributed by atoms with Crippen LogP contribution in [0.1, 0.15) is 44.5 Å². The highest BCUT2D eigenvalue weighted by Gasteiger charge is 2.14. The van der Waals surface area contributed by atoms with Crippen molar-refractivity contribution in [2.75, 3.05) is 26.0 Å². The molecule has 1 aromatic carbocycles. The molecule has 1 amide bonds. The zero-order valence-corrected chi connectivity index (χ0v) is 14.0. The van der Waals surface area contributed by atoms with Crippen LogP contribution in [-0.2, 0) is 4.74 Å². The van der Waals surface area contributed by atoms with Crippen LogP contribution in [0.3, 0.4) is 0 Å². The number of carbonyl (C=O) groups excluding carboxylic acids is 1. The molecule has 1 rings (SSSR count). The van der Waals surface area contributed by atoms with Crippen LogP contribution < -0.4 is 11.1 Å². The summed E-state index contributed by atoms with van der Waals surface area (Å²) < 4.78 is 4.84. The van der Waals surface area contributed by atoms with Crippen molar-refractivity contribution in [1.29, 1.82) is 0 Å². The molecular weight excluding hydrogens is 286 g/mol. The second-order valence-corrected chi connectivity index (χ2v) is 3.63. The number of methoxy groups -OCH3 is 1. The van der Waals surface area contributed by atoms with Gasteiger partial charge in [-0.25, -0.2) is 0 Å². The molecule has 0 atom stereocenters. The fourth-order valence-electron chi connectivity index (χ4n) is 1.37. The number of nitrogens with two attached hydrogens (primary N) is 1. The van der Waals surface area contributed by atoms with Crippen LogP contribution in [0.5, 0.6) is 0 Å². The lowest BCUT2D eigenvalue weighted by molar-refractivity contribution is -0.384. The molecule has 0 fully saturated rings. The molecule has 0 aliphatic carbocycles. The van der Waals surface area contributed by atoms with E-state index in [1.807, 2.05) is 27.7 Å². The minimum absolute atomic E-state index is 0.113. The first-order valence-corrected chi connectivity index (χ1v) is 7.37. The first kappa shape index (κ1) is 22.1. The van der Waals surface area contributed by atoms with Gasteiger partial charge in [0.15, 0.2) is 0 Å². The monoisotopic (exact) mass is 313 g/mol. The summed E-state index contributed by atoms with van der Waals surface area (Å²) in [5.41, 5.74) is 5.78. The molecule has 126 valence electrons. The molecule has 3 N–H and O–H groups in total. The van der Waals surface area contributed by atoms with Crippen molar-refractivity contribution in [2.45, 2.75) is 34.1 Å². The number of anilines is 1. The van der Waals surface area contributed by atoms with Crippen LogP contribution in [-0.4, -0.2) is 31.1 Å². The number of carbonyl (C=O) groups is 1. The molecule has 7 nitrogen and oxygen atoms in total. The van der Waals surface area contributed by atoms with Gasteiger partial charge in [-0.2, -0.15) is 0 Å². The largest absolute Gasteiger partial charge is 0.398 e. The van der Waals surface area contributed by atoms with Gasteiger partial charge in [0.1, 0.15) is 0 Å². The van der Waals surface area contributed by atoms with Gasteiger partial charge >= 0.3 is 0 Å². The van der Waals surface area contributed by atoms with Crippen molar-refractivity contribution in [3.8, 4) is 0 Å². The van der Waals surface area contributed by atoms with Crippen molar-refractivity contribution in [1.82, 2.24) is 5.32 Å². The van der Waals surface area contributed by atoms with Crippen molar-refractivity contribution in [3.05, 3.63) is 33.9 Å². The predicted molar refractivity (Wildman–Crippen MR) is 89.0 cm³/mol.